The van der Waals surface area contributed by atoms with E-state index in [-0.39, 0.29) is 12.8 Å². The summed E-state index contributed by atoms with van der Waals surface area (Å²) >= 11 is 0. The molecular formula is C44H77O13P. The Morgan fingerprint density at radius 1 is 0.552 bits per heavy atom. The summed E-state index contributed by atoms with van der Waals surface area (Å²) in [7, 11) is -5.13. The Hall–Kier alpha value is -2.19. The SMILES string of the molecule is CC/C=C\C/C=C\C/C=C\C/C=C\CCC(=O)OC(COC(=O)CCCCCCCCCCCCCCCCCC)COP(=O)(O)OC1C(O)C(O)C(O)C(O)C1O. The number of hydrogen-bond acceptors (Lipinski definition) is 12. The second kappa shape index (κ2) is 34.5. The standard InChI is InChI=1S/C44H77O13P/c1-3-5-7-9-11-13-15-17-18-19-21-22-24-26-28-30-32-37(45)54-34-36(35-55-58(52,53)57-44-42(50)40(48)39(47)41(49)43(44)51)56-38(46)33-31-29-27-25-23-20-16-14-12-10-8-6-4-2/h6,8,12,14,20,23,27,29,36,39-44,47-51H,3-5,7,9-11,13,15-19,21-22,24-26,28,30-35H2,1-2H3,(H,52,53)/b8-6-,14-12-,23-20-,29-27-. The molecule has 0 bridgehead atoms. The van der Waals surface area contributed by atoms with E-state index in [0.29, 0.717) is 19.3 Å². The molecule has 0 aromatic heterocycles. The summed E-state index contributed by atoms with van der Waals surface area (Å²) in [5.74, 6) is -1.19. The second-order valence-electron chi connectivity index (χ2n) is 15.2. The minimum Gasteiger partial charge on any atom is -0.462 e. The number of aliphatic hydroxyl groups excluding tert-OH is 5. The van der Waals surface area contributed by atoms with Crippen molar-refractivity contribution in [2.45, 2.75) is 204 Å². The Balaban J connectivity index is 2.51. The van der Waals surface area contributed by atoms with Gasteiger partial charge < -0.3 is 39.9 Å². The van der Waals surface area contributed by atoms with Gasteiger partial charge in [0.2, 0.25) is 0 Å². The Labute approximate surface area is 348 Å². The molecule has 58 heavy (non-hydrogen) atoms. The lowest BCUT2D eigenvalue weighted by atomic mass is 9.85. The van der Waals surface area contributed by atoms with Crippen molar-refractivity contribution in [3.8, 4) is 0 Å². The summed E-state index contributed by atoms with van der Waals surface area (Å²) in [4.78, 5) is 35.6. The molecule has 336 valence electrons. The van der Waals surface area contributed by atoms with E-state index in [1.165, 1.54) is 77.0 Å². The molecule has 0 spiro atoms. The first-order chi connectivity index (χ1) is 27.9. The molecule has 6 atom stereocenters. The molecule has 0 saturated heterocycles. The van der Waals surface area contributed by atoms with E-state index in [1.807, 2.05) is 18.2 Å². The van der Waals surface area contributed by atoms with Crippen LogP contribution in [0.5, 0.6) is 0 Å². The molecule has 1 rings (SSSR count). The zero-order valence-electron chi connectivity index (χ0n) is 35.3. The maximum absolute atomic E-state index is 12.8. The number of aliphatic hydroxyl groups is 5. The Bertz CT molecular complexity index is 1210. The van der Waals surface area contributed by atoms with E-state index < -0.39 is 75.7 Å². The summed E-state index contributed by atoms with van der Waals surface area (Å²) in [5, 5.41) is 50.0. The molecular weight excluding hydrogens is 767 g/mol. The molecule has 1 saturated carbocycles. The van der Waals surface area contributed by atoms with Gasteiger partial charge in [0.05, 0.1) is 6.61 Å². The molecule has 0 aliphatic heterocycles. The maximum atomic E-state index is 12.8. The third kappa shape index (κ3) is 26.8. The average molecular weight is 845 g/mol. The summed E-state index contributed by atoms with van der Waals surface area (Å²) < 4.78 is 33.4. The quantitative estimate of drug-likeness (QED) is 0.0155. The van der Waals surface area contributed by atoms with Gasteiger partial charge in [-0.2, -0.15) is 0 Å². The zero-order chi connectivity index (χ0) is 42.9. The molecule has 13 nitrogen and oxygen atoms in total. The van der Waals surface area contributed by atoms with E-state index in [4.69, 9.17) is 18.5 Å². The van der Waals surface area contributed by atoms with Crippen LogP contribution in [-0.4, -0.2) is 98.3 Å². The average Bonchev–Trinajstić information content (AvgIpc) is 3.20. The summed E-state index contributed by atoms with van der Waals surface area (Å²) in [6.07, 6.45) is 26.2. The van der Waals surface area contributed by atoms with Crippen molar-refractivity contribution in [1.82, 2.24) is 0 Å². The third-order valence-electron chi connectivity index (χ3n) is 9.95. The van der Waals surface area contributed by atoms with Crippen LogP contribution in [-0.2, 0) is 32.7 Å². The minimum absolute atomic E-state index is 0.0241. The fourth-order valence-corrected chi connectivity index (χ4v) is 7.39. The number of rotatable bonds is 35. The lowest BCUT2D eigenvalue weighted by molar-refractivity contribution is -0.220. The van der Waals surface area contributed by atoms with Crippen LogP contribution in [0.2, 0.25) is 0 Å². The molecule has 14 heteroatoms. The van der Waals surface area contributed by atoms with Crippen LogP contribution in [0.4, 0.5) is 0 Å². The molecule has 6 N–H and O–H groups in total. The van der Waals surface area contributed by atoms with Gasteiger partial charge in [-0.05, 0) is 38.5 Å². The predicted octanol–water partition coefficient (Wildman–Crippen LogP) is 8.00. The highest BCUT2D eigenvalue weighted by Gasteiger charge is 2.51. The van der Waals surface area contributed by atoms with Gasteiger partial charge in [0.25, 0.3) is 0 Å². The number of carbonyl (C=O) groups excluding carboxylic acids is 2. The highest BCUT2D eigenvalue weighted by atomic mass is 31.2. The van der Waals surface area contributed by atoms with Gasteiger partial charge >= 0.3 is 19.8 Å². The number of allylic oxidation sites excluding steroid dienone is 8. The summed E-state index contributed by atoms with van der Waals surface area (Å²) in [6.45, 7) is 3.11. The number of esters is 2. The van der Waals surface area contributed by atoms with E-state index >= 15 is 0 Å². The largest absolute Gasteiger partial charge is 0.472 e. The molecule has 1 aliphatic carbocycles. The van der Waals surface area contributed by atoms with Crippen LogP contribution in [0.3, 0.4) is 0 Å². The van der Waals surface area contributed by atoms with Gasteiger partial charge in [-0.1, -0.05) is 159 Å². The van der Waals surface area contributed by atoms with E-state index in [2.05, 4.69) is 44.2 Å². The third-order valence-corrected chi connectivity index (χ3v) is 10.9. The van der Waals surface area contributed by atoms with Crippen LogP contribution in [0, 0.1) is 0 Å². The molecule has 1 fully saturated rings. The maximum Gasteiger partial charge on any atom is 0.472 e. The molecule has 0 aromatic carbocycles. The highest BCUT2D eigenvalue weighted by Crippen LogP contribution is 2.47. The van der Waals surface area contributed by atoms with E-state index in [0.717, 1.165) is 38.5 Å². The number of phosphoric ester groups is 1. The van der Waals surface area contributed by atoms with Crippen LogP contribution < -0.4 is 0 Å². The van der Waals surface area contributed by atoms with Crippen molar-refractivity contribution in [2.75, 3.05) is 13.2 Å². The van der Waals surface area contributed by atoms with Gasteiger partial charge in [-0.25, -0.2) is 4.57 Å². The van der Waals surface area contributed by atoms with Crippen molar-refractivity contribution in [3.05, 3.63) is 48.6 Å². The summed E-state index contributed by atoms with van der Waals surface area (Å²) in [5.41, 5.74) is 0. The van der Waals surface area contributed by atoms with Crippen molar-refractivity contribution < 1.29 is 63.1 Å². The predicted molar refractivity (Wildman–Crippen MR) is 226 cm³/mol. The fraction of sp³-hybridized carbons (Fsp3) is 0.773. The number of carbonyl (C=O) groups is 2. The molecule has 6 unspecified atom stereocenters. The van der Waals surface area contributed by atoms with E-state index in [1.54, 1.807) is 0 Å². The first kappa shape index (κ1) is 53.8. The van der Waals surface area contributed by atoms with E-state index in [9.17, 15) is 44.6 Å². The Morgan fingerprint density at radius 3 is 1.47 bits per heavy atom. The Morgan fingerprint density at radius 2 is 0.983 bits per heavy atom. The lowest BCUT2D eigenvalue weighted by Gasteiger charge is -2.41. The molecule has 0 amide bonds. The zero-order valence-corrected chi connectivity index (χ0v) is 36.2. The van der Waals surface area contributed by atoms with Gasteiger partial charge in [-0.3, -0.25) is 18.6 Å². The number of unbranched alkanes of at least 4 members (excludes halogenated alkanes) is 15. The van der Waals surface area contributed by atoms with Crippen LogP contribution in [0.15, 0.2) is 48.6 Å². The first-order valence-corrected chi connectivity index (χ1v) is 23.4. The molecule has 0 heterocycles. The number of ether oxygens (including phenoxy) is 2. The highest BCUT2D eigenvalue weighted by molar-refractivity contribution is 7.47. The van der Waals surface area contributed by atoms with Gasteiger partial charge in [0, 0.05) is 12.8 Å². The minimum atomic E-state index is -5.13. The molecule has 0 aromatic rings. The smallest absolute Gasteiger partial charge is 0.462 e. The van der Waals surface area contributed by atoms with Gasteiger partial charge in [0.15, 0.2) is 6.10 Å². The van der Waals surface area contributed by atoms with Crippen molar-refractivity contribution in [3.63, 3.8) is 0 Å². The summed E-state index contributed by atoms with van der Waals surface area (Å²) in [6, 6.07) is 0. The van der Waals surface area contributed by atoms with Crippen molar-refractivity contribution >= 4 is 19.8 Å². The lowest BCUT2D eigenvalue weighted by Crippen LogP contribution is -2.64. The van der Waals surface area contributed by atoms with Crippen molar-refractivity contribution in [1.29, 1.82) is 0 Å². The van der Waals surface area contributed by atoms with Crippen LogP contribution >= 0.6 is 7.82 Å². The second-order valence-corrected chi connectivity index (χ2v) is 16.6. The number of phosphoric acid groups is 1. The van der Waals surface area contributed by atoms with Crippen molar-refractivity contribution in [2.24, 2.45) is 0 Å². The first-order valence-electron chi connectivity index (χ1n) is 21.9. The fourth-order valence-electron chi connectivity index (χ4n) is 6.42. The number of hydrogen-bond donors (Lipinski definition) is 6. The van der Waals surface area contributed by atoms with Gasteiger partial charge in [0.1, 0.15) is 43.2 Å². The Kier molecular flexibility index (Phi) is 32.0. The molecule has 1 aliphatic rings. The normalized spacial score (nSPS) is 23.0. The van der Waals surface area contributed by atoms with Crippen LogP contribution in [0.25, 0.3) is 0 Å². The topological polar surface area (TPSA) is 210 Å². The monoisotopic (exact) mass is 845 g/mol. The van der Waals surface area contributed by atoms with Crippen LogP contribution in [0.1, 0.15) is 162 Å². The molecule has 0 radical (unpaired) electrons. The van der Waals surface area contributed by atoms with Gasteiger partial charge in [-0.15, -0.1) is 0 Å².